The number of thioether (sulfide) groups is 1. The molecule has 0 radical (unpaired) electrons. The Morgan fingerprint density at radius 3 is 2.42 bits per heavy atom. The number of aromatic nitrogens is 2. The van der Waals surface area contributed by atoms with Gasteiger partial charge in [-0.1, -0.05) is 40.9 Å². The van der Waals surface area contributed by atoms with Gasteiger partial charge in [-0.2, -0.15) is 16.9 Å². The summed E-state index contributed by atoms with van der Waals surface area (Å²) in [4.78, 5) is 0.0193. The molecule has 1 aromatic carbocycles. The van der Waals surface area contributed by atoms with Crippen LogP contribution < -0.4 is 4.72 Å². The van der Waals surface area contributed by atoms with Gasteiger partial charge < -0.3 is 0 Å². The van der Waals surface area contributed by atoms with E-state index in [2.05, 4.69) is 9.82 Å². The summed E-state index contributed by atoms with van der Waals surface area (Å²) in [5, 5.41) is 5.31. The van der Waals surface area contributed by atoms with Gasteiger partial charge in [0.05, 0.1) is 5.69 Å². The molecule has 0 aliphatic heterocycles. The summed E-state index contributed by atoms with van der Waals surface area (Å²) in [6.45, 7) is 1.87. The summed E-state index contributed by atoms with van der Waals surface area (Å²) in [6, 6.07) is 5.34. The van der Waals surface area contributed by atoms with Gasteiger partial charge in [-0.3, -0.25) is 4.68 Å². The minimum atomic E-state index is -3.69. The van der Waals surface area contributed by atoms with Gasteiger partial charge in [0.2, 0.25) is 10.0 Å². The van der Waals surface area contributed by atoms with Gasteiger partial charge in [0, 0.05) is 35.1 Å². The van der Waals surface area contributed by atoms with Crippen molar-refractivity contribution >= 4 is 56.6 Å². The zero-order chi connectivity index (χ0) is 17.9. The van der Waals surface area contributed by atoms with Crippen LogP contribution in [0.25, 0.3) is 0 Å². The Morgan fingerprint density at radius 2 is 1.88 bits per heavy atom. The third-order valence-electron chi connectivity index (χ3n) is 3.22. The van der Waals surface area contributed by atoms with E-state index in [1.54, 1.807) is 32.2 Å². The van der Waals surface area contributed by atoms with Crippen LogP contribution in [0.2, 0.25) is 15.2 Å². The Hall–Kier alpha value is -0.440. The highest BCUT2D eigenvalue weighted by molar-refractivity contribution is 7.98. The molecule has 2 aromatic rings. The van der Waals surface area contributed by atoms with Gasteiger partial charge in [-0.15, -0.1) is 0 Å². The van der Waals surface area contributed by atoms with Gasteiger partial charge in [0.1, 0.15) is 10.0 Å². The Labute approximate surface area is 160 Å². The molecule has 0 saturated heterocycles. The lowest BCUT2D eigenvalue weighted by atomic mass is 10.2. The molecular formula is C14H16Cl3N3O2S2. The van der Waals surface area contributed by atoms with Gasteiger partial charge in [0.15, 0.2) is 0 Å². The normalized spacial score (nSPS) is 11.9. The van der Waals surface area contributed by atoms with Crippen LogP contribution in [0.1, 0.15) is 11.3 Å². The molecule has 0 atom stereocenters. The Bertz CT molecular complexity index is 818. The predicted octanol–water partition coefficient (Wildman–Crippen LogP) is 3.90. The summed E-state index contributed by atoms with van der Waals surface area (Å²) in [6.07, 6.45) is 0. The van der Waals surface area contributed by atoms with Crippen LogP contribution in [-0.4, -0.2) is 30.5 Å². The second-order valence-corrected chi connectivity index (χ2v) is 8.96. The first-order valence-corrected chi connectivity index (χ1v) is 10.7. The third kappa shape index (κ3) is 4.59. The molecule has 1 aromatic heterocycles. The topological polar surface area (TPSA) is 64.0 Å². The number of halogens is 3. The average Bonchev–Trinajstić information content (AvgIpc) is 2.75. The van der Waals surface area contributed by atoms with E-state index in [1.807, 2.05) is 0 Å². The van der Waals surface area contributed by atoms with E-state index in [0.29, 0.717) is 27.2 Å². The Morgan fingerprint density at radius 1 is 1.25 bits per heavy atom. The summed E-state index contributed by atoms with van der Waals surface area (Å²) >= 11 is 19.7. The lowest BCUT2D eigenvalue weighted by Crippen LogP contribution is -2.26. The number of hydrogen-bond acceptors (Lipinski definition) is 4. The van der Waals surface area contributed by atoms with Crippen LogP contribution in [0, 0.1) is 6.92 Å². The van der Waals surface area contributed by atoms with E-state index >= 15 is 0 Å². The van der Waals surface area contributed by atoms with Crippen molar-refractivity contribution in [2.24, 2.45) is 7.05 Å². The minimum Gasteiger partial charge on any atom is -0.255 e. The first-order valence-electron chi connectivity index (χ1n) is 6.93. The number of benzene rings is 1. The molecule has 0 spiro atoms. The highest BCUT2D eigenvalue weighted by Gasteiger charge is 2.24. The fourth-order valence-corrected chi connectivity index (χ4v) is 5.58. The highest BCUT2D eigenvalue weighted by atomic mass is 35.5. The largest absolute Gasteiger partial charge is 0.255 e. The SMILES string of the molecule is Cc1nn(C)c(Cl)c1S(=O)(=O)NCCSCc1c(Cl)cccc1Cl. The number of nitrogens with one attached hydrogen (secondary N) is 1. The van der Waals surface area contributed by atoms with Crippen molar-refractivity contribution in [2.75, 3.05) is 12.3 Å². The number of sulfonamides is 1. The van der Waals surface area contributed by atoms with Crippen LogP contribution in [0.5, 0.6) is 0 Å². The van der Waals surface area contributed by atoms with E-state index in [-0.39, 0.29) is 16.6 Å². The fraction of sp³-hybridized carbons (Fsp3) is 0.357. The Balaban J connectivity index is 1.90. The van der Waals surface area contributed by atoms with Gasteiger partial charge >= 0.3 is 0 Å². The van der Waals surface area contributed by atoms with E-state index in [0.717, 1.165) is 5.56 Å². The zero-order valence-electron chi connectivity index (χ0n) is 13.0. The van der Waals surface area contributed by atoms with Gasteiger partial charge in [0.25, 0.3) is 0 Å². The molecule has 1 N–H and O–H groups in total. The summed E-state index contributed by atoms with van der Waals surface area (Å²) < 4.78 is 28.5. The quantitative estimate of drug-likeness (QED) is 0.679. The monoisotopic (exact) mass is 427 g/mol. The maximum Gasteiger partial charge on any atom is 0.245 e. The van der Waals surface area contributed by atoms with E-state index in [9.17, 15) is 8.42 Å². The molecule has 10 heteroatoms. The smallest absolute Gasteiger partial charge is 0.245 e. The van der Waals surface area contributed by atoms with Crippen molar-refractivity contribution in [1.82, 2.24) is 14.5 Å². The molecule has 0 unspecified atom stereocenters. The molecule has 0 amide bonds. The van der Waals surface area contributed by atoms with Crippen molar-refractivity contribution in [3.05, 3.63) is 44.7 Å². The number of hydrogen-bond donors (Lipinski definition) is 1. The number of nitrogens with zero attached hydrogens (tertiary/aromatic N) is 2. The van der Waals surface area contributed by atoms with Crippen molar-refractivity contribution in [1.29, 1.82) is 0 Å². The standard InChI is InChI=1S/C14H16Cl3N3O2S2/c1-9-13(14(17)20(2)19-9)24(21,22)18-6-7-23-8-10-11(15)4-3-5-12(10)16/h3-5,18H,6-8H2,1-2H3. The zero-order valence-corrected chi connectivity index (χ0v) is 16.9. The predicted molar refractivity (Wildman–Crippen MR) is 101 cm³/mol. The molecule has 0 bridgehead atoms. The first-order chi connectivity index (χ1) is 11.2. The molecule has 0 fully saturated rings. The molecule has 5 nitrogen and oxygen atoms in total. The van der Waals surface area contributed by atoms with Gasteiger partial charge in [-0.25, -0.2) is 13.1 Å². The van der Waals surface area contributed by atoms with Crippen molar-refractivity contribution in [2.45, 2.75) is 17.6 Å². The van der Waals surface area contributed by atoms with Crippen molar-refractivity contribution in [3.8, 4) is 0 Å². The lowest BCUT2D eigenvalue weighted by molar-refractivity contribution is 0.583. The summed E-state index contributed by atoms with van der Waals surface area (Å²) in [7, 11) is -2.10. The first kappa shape index (κ1) is 19.9. The fourth-order valence-electron chi connectivity index (χ4n) is 2.08. The lowest BCUT2D eigenvalue weighted by Gasteiger charge is -2.08. The second kappa shape index (κ2) is 8.29. The number of rotatable bonds is 7. The van der Waals surface area contributed by atoms with Crippen LogP contribution >= 0.6 is 46.6 Å². The molecule has 132 valence electrons. The minimum absolute atomic E-state index is 0.0193. The summed E-state index contributed by atoms with van der Waals surface area (Å²) in [5.41, 5.74) is 1.21. The van der Waals surface area contributed by atoms with Crippen LogP contribution in [0.4, 0.5) is 0 Å². The van der Waals surface area contributed by atoms with Crippen molar-refractivity contribution < 1.29 is 8.42 Å². The Kier molecular flexibility index (Phi) is 6.87. The summed E-state index contributed by atoms with van der Waals surface area (Å²) in [5.74, 6) is 1.17. The molecule has 0 aliphatic rings. The molecular weight excluding hydrogens is 413 g/mol. The third-order valence-corrected chi connectivity index (χ3v) is 7.07. The molecule has 2 rings (SSSR count). The second-order valence-electron chi connectivity index (χ2n) is 4.98. The van der Waals surface area contributed by atoms with E-state index < -0.39 is 10.0 Å². The maximum absolute atomic E-state index is 12.3. The van der Waals surface area contributed by atoms with Crippen molar-refractivity contribution in [3.63, 3.8) is 0 Å². The molecule has 24 heavy (non-hydrogen) atoms. The average molecular weight is 429 g/mol. The van der Waals surface area contributed by atoms with Crippen LogP contribution in [-0.2, 0) is 22.8 Å². The number of aryl methyl sites for hydroxylation is 2. The molecule has 0 aliphatic carbocycles. The van der Waals surface area contributed by atoms with Crippen LogP contribution in [0.15, 0.2) is 23.1 Å². The van der Waals surface area contributed by atoms with E-state index in [4.69, 9.17) is 34.8 Å². The molecule has 1 heterocycles. The van der Waals surface area contributed by atoms with E-state index in [1.165, 1.54) is 16.4 Å². The van der Waals surface area contributed by atoms with Crippen LogP contribution in [0.3, 0.4) is 0 Å². The maximum atomic E-state index is 12.3. The van der Waals surface area contributed by atoms with Gasteiger partial charge in [-0.05, 0) is 24.6 Å². The molecule has 0 saturated carbocycles. The highest BCUT2D eigenvalue weighted by Crippen LogP contribution is 2.28.